The number of benzene rings is 2. The quantitative estimate of drug-likeness (QED) is 0.535. The Morgan fingerprint density at radius 1 is 1.21 bits per heavy atom. The number of fused-ring (bicyclic) bond motifs is 1. The van der Waals surface area contributed by atoms with Crippen LogP contribution in [-0.2, 0) is 0 Å². The first-order valence-electron chi connectivity index (χ1n) is 8.87. The van der Waals surface area contributed by atoms with Crippen molar-refractivity contribution in [2.75, 3.05) is 5.73 Å². The lowest BCUT2D eigenvalue weighted by Crippen LogP contribution is -2.32. The molecule has 1 atom stereocenters. The van der Waals surface area contributed by atoms with Crippen molar-refractivity contribution < 1.29 is 9.21 Å². The van der Waals surface area contributed by atoms with Gasteiger partial charge in [0.1, 0.15) is 6.26 Å². The summed E-state index contributed by atoms with van der Waals surface area (Å²) in [6.45, 7) is 1.78. The zero-order valence-corrected chi connectivity index (χ0v) is 16.2. The van der Waals surface area contributed by atoms with Crippen LogP contribution in [-0.4, -0.2) is 15.5 Å². The highest BCUT2D eigenvalue weighted by Crippen LogP contribution is 2.25. The van der Waals surface area contributed by atoms with Crippen LogP contribution in [0.3, 0.4) is 0 Å². The number of nitrogen functional groups attached to an aromatic ring is 1. The molecule has 0 aliphatic carbocycles. The topological polar surface area (TPSA) is 103 Å². The lowest BCUT2D eigenvalue weighted by molar-refractivity contribution is 0.0933. The van der Waals surface area contributed by atoms with E-state index in [1.54, 1.807) is 23.6 Å². The van der Waals surface area contributed by atoms with Gasteiger partial charge in [-0.1, -0.05) is 41.9 Å². The Morgan fingerprint density at radius 3 is 2.66 bits per heavy atom. The van der Waals surface area contributed by atoms with Gasteiger partial charge >= 0.3 is 0 Å². The summed E-state index contributed by atoms with van der Waals surface area (Å²) >= 11 is 6.31. The summed E-state index contributed by atoms with van der Waals surface area (Å²) in [5, 5.41) is 4.32. The third kappa shape index (κ3) is 3.48. The molecule has 0 saturated carbocycles. The Bertz CT molecular complexity index is 1260. The Hall–Kier alpha value is -3.58. The van der Waals surface area contributed by atoms with Crippen molar-refractivity contribution in [2.24, 2.45) is 0 Å². The van der Waals surface area contributed by atoms with E-state index in [0.29, 0.717) is 27.2 Å². The molecule has 2 aromatic heterocycles. The lowest BCUT2D eigenvalue weighted by atomic mass is 10.1. The molecule has 0 bridgehead atoms. The van der Waals surface area contributed by atoms with Crippen LogP contribution in [0.5, 0.6) is 0 Å². The minimum atomic E-state index is -0.517. The van der Waals surface area contributed by atoms with Gasteiger partial charge in [0.15, 0.2) is 5.69 Å². The van der Waals surface area contributed by atoms with Crippen molar-refractivity contribution in [3.8, 4) is 5.69 Å². The number of hydrogen-bond donors (Lipinski definition) is 2. The molecule has 146 valence electrons. The maximum Gasteiger partial charge on any atom is 0.292 e. The first-order chi connectivity index (χ1) is 14.0. The van der Waals surface area contributed by atoms with Crippen molar-refractivity contribution in [3.63, 3.8) is 0 Å². The molecule has 0 aliphatic heterocycles. The molecule has 0 saturated heterocycles. The number of halogens is 1. The molecular weight excluding hydrogens is 392 g/mol. The van der Waals surface area contributed by atoms with Gasteiger partial charge in [-0.25, -0.2) is 0 Å². The van der Waals surface area contributed by atoms with Gasteiger partial charge in [0.2, 0.25) is 0 Å². The van der Waals surface area contributed by atoms with Crippen LogP contribution in [0.15, 0.2) is 70.1 Å². The highest BCUT2D eigenvalue weighted by molar-refractivity contribution is 6.35. The van der Waals surface area contributed by atoms with Gasteiger partial charge in [-0.3, -0.25) is 14.2 Å². The Labute approximate surface area is 170 Å². The van der Waals surface area contributed by atoms with Crippen LogP contribution in [0.1, 0.15) is 29.1 Å². The first kappa shape index (κ1) is 18.8. The zero-order valence-electron chi connectivity index (χ0n) is 15.4. The van der Waals surface area contributed by atoms with Crippen molar-refractivity contribution in [3.05, 3.63) is 87.6 Å². The molecule has 1 unspecified atom stereocenters. The number of nitrogens with one attached hydrogen (secondary N) is 1. The Kier molecular flexibility index (Phi) is 4.82. The molecule has 7 nitrogen and oxygen atoms in total. The smallest absolute Gasteiger partial charge is 0.292 e. The highest BCUT2D eigenvalue weighted by atomic mass is 35.5. The van der Waals surface area contributed by atoms with Crippen molar-refractivity contribution in [1.29, 1.82) is 0 Å². The predicted octanol–water partition coefficient (Wildman–Crippen LogP) is 3.71. The van der Waals surface area contributed by atoms with Crippen LogP contribution < -0.4 is 16.6 Å². The molecule has 8 heteroatoms. The largest absolute Gasteiger partial charge is 0.431 e. The zero-order chi connectivity index (χ0) is 20.5. The average molecular weight is 409 g/mol. The standard InChI is InChI=1S/C21H17ClN4O3/c1-12(24-19(27)16-11-29-21(23)25-16)17-10-13-6-5-9-15(22)18(13)20(28)26(17)14-7-3-2-4-8-14/h2-12H,1H3,(H2,23,25)(H,24,27). The number of rotatable bonds is 4. The molecule has 3 N–H and O–H groups in total. The molecule has 0 spiro atoms. The van der Waals surface area contributed by atoms with Gasteiger partial charge in [0.05, 0.1) is 16.5 Å². The summed E-state index contributed by atoms with van der Waals surface area (Å²) in [4.78, 5) is 29.7. The van der Waals surface area contributed by atoms with Gasteiger partial charge < -0.3 is 15.5 Å². The molecular formula is C21H17ClN4O3. The number of amides is 1. The number of para-hydroxylation sites is 1. The van der Waals surface area contributed by atoms with Gasteiger partial charge in [-0.05, 0) is 36.6 Å². The molecule has 0 radical (unpaired) electrons. The number of hydrogen-bond acceptors (Lipinski definition) is 5. The van der Waals surface area contributed by atoms with E-state index >= 15 is 0 Å². The van der Waals surface area contributed by atoms with Gasteiger partial charge in [0, 0.05) is 11.4 Å². The fourth-order valence-electron chi connectivity index (χ4n) is 3.24. The minimum absolute atomic E-state index is 0.0618. The second-order valence-corrected chi connectivity index (χ2v) is 6.92. The third-order valence-corrected chi connectivity index (χ3v) is 4.90. The summed E-state index contributed by atoms with van der Waals surface area (Å²) in [6.07, 6.45) is 1.18. The number of carbonyl (C=O) groups excluding carboxylic acids is 1. The second kappa shape index (κ2) is 7.44. The molecule has 29 heavy (non-hydrogen) atoms. The number of anilines is 1. The van der Waals surface area contributed by atoms with Crippen LogP contribution >= 0.6 is 11.6 Å². The van der Waals surface area contributed by atoms with Crippen LogP contribution in [0.4, 0.5) is 6.01 Å². The highest BCUT2D eigenvalue weighted by Gasteiger charge is 2.20. The molecule has 4 aromatic rings. The van der Waals surface area contributed by atoms with E-state index in [1.807, 2.05) is 42.5 Å². The number of pyridine rings is 1. The number of nitrogens with zero attached hydrogens (tertiary/aromatic N) is 2. The third-order valence-electron chi connectivity index (χ3n) is 4.58. The normalized spacial score (nSPS) is 12.1. The number of carbonyl (C=O) groups is 1. The Balaban J connectivity index is 1.86. The number of aromatic nitrogens is 2. The van der Waals surface area contributed by atoms with Crippen LogP contribution in [0, 0.1) is 0 Å². The van der Waals surface area contributed by atoms with Gasteiger partial charge in [0.25, 0.3) is 17.5 Å². The summed E-state index contributed by atoms with van der Waals surface area (Å²) in [5.74, 6) is -0.462. The monoisotopic (exact) mass is 408 g/mol. The van der Waals surface area contributed by atoms with E-state index in [1.165, 1.54) is 6.26 Å². The first-order valence-corrected chi connectivity index (χ1v) is 9.25. The summed E-state index contributed by atoms with van der Waals surface area (Å²) < 4.78 is 6.44. The summed E-state index contributed by atoms with van der Waals surface area (Å²) in [5.41, 5.74) is 6.50. The summed E-state index contributed by atoms with van der Waals surface area (Å²) in [6, 6.07) is 15.7. The van der Waals surface area contributed by atoms with E-state index in [9.17, 15) is 9.59 Å². The molecule has 0 aliphatic rings. The molecule has 1 amide bonds. The SMILES string of the molecule is CC(NC(=O)c1coc(N)n1)c1cc2cccc(Cl)c2c(=O)n1-c1ccccc1. The molecule has 2 aromatic carbocycles. The van der Waals surface area contributed by atoms with E-state index in [0.717, 1.165) is 0 Å². The van der Waals surface area contributed by atoms with Gasteiger partial charge in [-0.2, -0.15) is 4.98 Å². The van der Waals surface area contributed by atoms with Crippen LogP contribution in [0.2, 0.25) is 5.02 Å². The number of oxazole rings is 1. The molecule has 4 rings (SSSR count). The van der Waals surface area contributed by atoms with Crippen molar-refractivity contribution in [1.82, 2.24) is 14.9 Å². The fourth-order valence-corrected chi connectivity index (χ4v) is 3.50. The van der Waals surface area contributed by atoms with E-state index in [4.69, 9.17) is 21.8 Å². The molecule has 0 fully saturated rings. The predicted molar refractivity (Wildman–Crippen MR) is 111 cm³/mol. The van der Waals surface area contributed by atoms with E-state index in [-0.39, 0.29) is 17.3 Å². The van der Waals surface area contributed by atoms with Crippen molar-refractivity contribution >= 4 is 34.3 Å². The minimum Gasteiger partial charge on any atom is -0.431 e. The number of nitrogens with two attached hydrogens (primary N) is 1. The second-order valence-electron chi connectivity index (χ2n) is 6.52. The van der Waals surface area contributed by atoms with Crippen molar-refractivity contribution in [2.45, 2.75) is 13.0 Å². The fraction of sp³-hybridized carbons (Fsp3) is 0.0952. The lowest BCUT2D eigenvalue weighted by Gasteiger charge is -2.21. The Morgan fingerprint density at radius 2 is 1.97 bits per heavy atom. The van der Waals surface area contributed by atoms with E-state index < -0.39 is 11.9 Å². The van der Waals surface area contributed by atoms with Crippen LogP contribution in [0.25, 0.3) is 16.5 Å². The average Bonchev–Trinajstić information content (AvgIpc) is 3.15. The van der Waals surface area contributed by atoms with Gasteiger partial charge in [-0.15, -0.1) is 0 Å². The maximum absolute atomic E-state index is 13.4. The van der Waals surface area contributed by atoms with E-state index in [2.05, 4.69) is 10.3 Å². The molecule has 2 heterocycles. The summed E-state index contributed by atoms with van der Waals surface area (Å²) in [7, 11) is 0. The maximum atomic E-state index is 13.4.